The van der Waals surface area contributed by atoms with E-state index in [0.717, 1.165) is 0 Å². The zero-order valence-electron chi connectivity index (χ0n) is 9.42. The average Bonchev–Trinajstić information content (AvgIpc) is 2.31. The van der Waals surface area contributed by atoms with Gasteiger partial charge in [-0.1, -0.05) is 36.4 Å². The number of rotatable bonds is 0. The molecule has 5 nitrogen and oxygen atoms in total. The van der Waals surface area contributed by atoms with Crippen molar-refractivity contribution in [3.05, 3.63) is 60.7 Å². The third-order valence-corrected chi connectivity index (χ3v) is 1.51. The van der Waals surface area contributed by atoms with Crippen LogP contribution < -0.4 is 0 Å². The van der Waals surface area contributed by atoms with Crippen molar-refractivity contribution >= 4 is 8.25 Å². The van der Waals surface area contributed by atoms with Crippen LogP contribution in [0.25, 0.3) is 0 Å². The Kier molecular flexibility index (Phi) is 9.13. The summed E-state index contributed by atoms with van der Waals surface area (Å²) < 4.78 is 8.70. The minimum atomic E-state index is -2.87. The van der Waals surface area contributed by atoms with Crippen molar-refractivity contribution in [1.29, 1.82) is 0 Å². The van der Waals surface area contributed by atoms with Crippen LogP contribution in [-0.2, 0) is 4.57 Å². The van der Waals surface area contributed by atoms with Crippen LogP contribution in [0.2, 0.25) is 0 Å². The van der Waals surface area contributed by atoms with Crippen molar-refractivity contribution in [1.82, 2.24) is 0 Å². The first-order valence-corrected chi connectivity index (χ1v) is 6.02. The lowest BCUT2D eigenvalue weighted by Crippen LogP contribution is -1.56. The quantitative estimate of drug-likeness (QED) is 0.550. The van der Waals surface area contributed by atoms with E-state index in [0.29, 0.717) is 11.5 Å². The summed E-state index contributed by atoms with van der Waals surface area (Å²) in [5.74, 6) is 0.644. The summed E-state index contributed by atoms with van der Waals surface area (Å²) in [5, 5.41) is 17.3. The summed E-state index contributed by atoms with van der Waals surface area (Å²) in [5.41, 5.74) is 0. The Morgan fingerprint density at radius 3 is 1.00 bits per heavy atom. The number of aromatic hydroxyl groups is 2. The highest BCUT2D eigenvalue weighted by Crippen LogP contribution is 2.03. The van der Waals surface area contributed by atoms with Crippen LogP contribution in [0.4, 0.5) is 0 Å². The molecule has 0 aliphatic carbocycles. The van der Waals surface area contributed by atoms with E-state index in [9.17, 15) is 0 Å². The predicted octanol–water partition coefficient (Wildman–Crippen LogP) is 2.41. The monoisotopic (exact) mass is 269 g/mol. The lowest BCUT2D eigenvalue weighted by molar-refractivity contribution is 0.405. The maximum absolute atomic E-state index is 8.70. The fourth-order valence-electron chi connectivity index (χ4n) is 0.856. The molecule has 96 valence electrons. The Labute approximate surface area is 106 Å². The second kappa shape index (κ2) is 10.2. The molecule has 6 heteroatoms. The zero-order chi connectivity index (χ0) is 13.8. The van der Waals surface area contributed by atoms with Crippen LogP contribution in [0.3, 0.4) is 0 Å². The smallest absolute Gasteiger partial charge is 0.508 e. The molecular weight excluding hydrogens is 255 g/mol. The molecule has 0 aliphatic heterocycles. The molecule has 0 aromatic heterocycles. The molecule has 0 heterocycles. The van der Waals surface area contributed by atoms with Gasteiger partial charge in [0.25, 0.3) is 0 Å². The van der Waals surface area contributed by atoms with Crippen LogP contribution >= 0.6 is 8.25 Å². The molecule has 0 spiro atoms. The molecule has 0 radical (unpaired) electrons. The minimum absolute atomic E-state index is 0.322. The van der Waals surface area contributed by atoms with Gasteiger partial charge in [0, 0.05) is 4.57 Å². The maximum Gasteiger partial charge on any atom is 0.692 e. The van der Waals surface area contributed by atoms with Gasteiger partial charge in [-0.15, -0.1) is 9.79 Å². The van der Waals surface area contributed by atoms with Crippen molar-refractivity contribution in [3.8, 4) is 11.5 Å². The Bertz CT molecular complexity index is 391. The maximum atomic E-state index is 8.70. The summed E-state index contributed by atoms with van der Waals surface area (Å²) in [4.78, 5) is 14.2. The third-order valence-electron chi connectivity index (χ3n) is 1.51. The van der Waals surface area contributed by atoms with Gasteiger partial charge >= 0.3 is 8.25 Å². The Balaban J connectivity index is 0.000000253. The molecule has 0 saturated carbocycles. The largest absolute Gasteiger partial charge is 0.692 e. The zero-order valence-corrected chi connectivity index (χ0v) is 10.3. The van der Waals surface area contributed by atoms with Crippen molar-refractivity contribution in [2.45, 2.75) is 0 Å². The third kappa shape index (κ3) is 12.1. The average molecular weight is 269 g/mol. The highest BCUT2D eigenvalue weighted by atomic mass is 31.1. The van der Waals surface area contributed by atoms with Gasteiger partial charge < -0.3 is 10.2 Å². The first-order valence-electron chi connectivity index (χ1n) is 4.85. The van der Waals surface area contributed by atoms with E-state index in [1.165, 1.54) is 0 Å². The molecule has 0 bridgehead atoms. The molecular formula is C12H14O5P+. The van der Waals surface area contributed by atoms with Crippen LogP contribution in [-0.4, -0.2) is 20.0 Å². The van der Waals surface area contributed by atoms with Crippen molar-refractivity contribution in [2.75, 3.05) is 0 Å². The number of hydrogen-bond donors (Lipinski definition) is 4. The van der Waals surface area contributed by atoms with Crippen LogP contribution in [0.1, 0.15) is 0 Å². The number of phenols is 2. The van der Waals surface area contributed by atoms with Gasteiger partial charge in [-0.3, -0.25) is 0 Å². The normalized spacial score (nSPS) is 8.11. The van der Waals surface area contributed by atoms with Crippen molar-refractivity contribution in [2.24, 2.45) is 0 Å². The van der Waals surface area contributed by atoms with Gasteiger partial charge in [-0.05, 0) is 24.3 Å². The second-order valence-corrected chi connectivity index (χ2v) is 3.43. The summed E-state index contributed by atoms with van der Waals surface area (Å²) in [7, 11) is -2.87. The summed E-state index contributed by atoms with van der Waals surface area (Å²) >= 11 is 0. The van der Waals surface area contributed by atoms with E-state index in [1.54, 1.807) is 48.5 Å². The van der Waals surface area contributed by atoms with Gasteiger partial charge in [0.05, 0.1) is 0 Å². The molecule has 0 unspecified atom stereocenters. The van der Waals surface area contributed by atoms with Gasteiger partial charge in [0.2, 0.25) is 0 Å². The number of phenolic OH excluding ortho intramolecular Hbond substituents is 2. The highest BCUT2D eigenvalue weighted by molar-refractivity contribution is 7.30. The molecule has 0 amide bonds. The minimum Gasteiger partial charge on any atom is -0.508 e. The lowest BCUT2D eigenvalue weighted by Gasteiger charge is -1.82. The fraction of sp³-hybridized carbons (Fsp3) is 0. The van der Waals surface area contributed by atoms with E-state index in [4.69, 9.17) is 24.6 Å². The summed E-state index contributed by atoms with van der Waals surface area (Å²) in [6.45, 7) is 0. The molecule has 4 N–H and O–H groups in total. The van der Waals surface area contributed by atoms with E-state index >= 15 is 0 Å². The second-order valence-electron chi connectivity index (χ2n) is 2.92. The van der Waals surface area contributed by atoms with E-state index < -0.39 is 8.25 Å². The van der Waals surface area contributed by atoms with Gasteiger partial charge in [-0.25, -0.2) is 0 Å². The van der Waals surface area contributed by atoms with Crippen LogP contribution in [0.15, 0.2) is 60.7 Å². The van der Waals surface area contributed by atoms with E-state index in [2.05, 4.69) is 0 Å². The van der Waals surface area contributed by atoms with Crippen molar-refractivity contribution in [3.63, 3.8) is 0 Å². The van der Waals surface area contributed by atoms with Gasteiger partial charge in [0.1, 0.15) is 11.5 Å². The molecule has 0 atom stereocenters. The highest BCUT2D eigenvalue weighted by Gasteiger charge is 1.93. The Morgan fingerprint density at radius 2 is 0.889 bits per heavy atom. The van der Waals surface area contributed by atoms with Gasteiger partial charge in [-0.2, -0.15) is 0 Å². The lowest BCUT2D eigenvalue weighted by atomic mass is 10.3. The number of hydrogen-bond acceptors (Lipinski definition) is 3. The first-order chi connectivity index (χ1) is 8.52. The Hall–Kier alpha value is -1.94. The van der Waals surface area contributed by atoms with Crippen molar-refractivity contribution < 1.29 is 24.6 Å². The van der Waals surface area contributed by atoms with Gasteiger partial charge in [0.15, 0.2) is 0 Å². The molecule has 2 rings (SSSR count). The van der Waals surface area contributed by atoms with E-state index in [-0.39, 0.29) is 0 Å². The molecule has 2 aromatic carbocycles. The SMILES string of the molecule is O=[P+](O)O.Oc1ccccc1.Oc1ccccc1. The summed E-state index contributed by atoms with van der Waals surface area (Å²) in [6, 6.07) is 17.4. The standard InChI is InChI=1S/2C6H6O.HO3P/c2*7-6-4-2-1-3-5-6;1-4(2)3/h2*1-5,7H;(H-,1,2,3)/p+1. The van der Waals surface area contributed by atoms with Crippen LogP contribution in [0, 0.1) is 0 Å². The predicted molar refractivity (Wildman–Crippen MR) is 68.3 cm³/mol. The summed E-state index contributed by atoms with van der Waals surface area (Å²) in [6.07, 6.45) is 0. The van der Waals surface area contributed by atoms with Crippen LogP contribution in [0.5, 0.6) is 11.5 Å². The molecule has 0 fully saturated rings. The number of benzene rings is 2. The number of para-hydroxylation sites is 2. The Morgan fingerprint density at radius 1 is 0.667 bits per heavy atom. The molecule has 0 aliphatic rings. The molecule has 2 aromatic rings. The topological polar surface area (TPSA) is 98.0 Å². The van der Waals surface area contributed by atoms with E-state index in [1.807, 2.05) is 12.1 Å². The fourth-order valence-corrected chi connectivity index (χ4v) is 0.856. The molecule has 0 saturated heterocycles. The first kappa shape index (κ1) is 16.1. The molecule has 18 heavy (non-hydrogen) atoms.